The predicted molar refractivity (Wildman–Crippen MR) is 91.6 cm³/mol. The third-order valence-electron chi connectivity index (χ3n) is 3.21. The predicted octanol–water partition coefficient (Wildman–Crippen LogP) is 1.03. The molecule has 2 rings (SSSR count). The lowest BCUT2D eigenvalue weighted by molar-refractivity contribution is -0.478. The molecule has 1 aromatic rings. The highest BCUT2D eigenvalue weighted by Gasteiger charge is 2.44. The zero-order chi connectivity index (χ0) is 16.4. The molecule has 1 fully saturated rings. The quantitative estimate of drug-likeness (QED) is 0.449. The highest BCUT2D eigenvalue weighted by molar-refractivity contribution is 7.91. The van der Waals surface area contributed by atoms with Gasteiger partial charge in [-0.05, 0) is 5.56 Å². The first kappa shape index (κ1) is 18.1. The number of nitrogens with one attached hydrogen (secondary N) is 2. The van der Waals surface area contributed by atoms with Gasteiger partial charge in [-0.2, -0.15) is 0 Å². The Labute approximate surface area is 149 Å². The lowest BCUT2D eigenvalue weighted by atomic mass is 10.2. The van der Waals surface area contributed by atoms with Crippen molar-refractivity contribution in [3.05, 3.63) is 35.9 Å². The van der Waals surface area contributed by atoms with Gasteiger partial charge in [-0.15, -0.1) is 11.6 Å². The van der Waals surface area contributed by atoms with E-state index in [9.17, 15) is 8.42 Å². The summed E-state index contributed by atoms with van der Waals surface area (Å²) in [5.41, 5.74) is 0.998. The molecular formula is C13H15Cl4N2O2S+. The Hall–Kier alpha value is -0.200. The van der Waals surface area contributed by atoms with Crippen molar-refractivity contribution in [2.24, 2.45) is 0 Å². The van der Waals surface area contributed by atoms with E-state index in [1.807, 2.05) is 30.3 Å². The zero-order valence-corrected chi connectivity index (χ0v) is 15.2. The molecule has 2 atom stereocenters. The lowest BCUT2D eigenvalue weighted by Gasteiger charge is -2.16. The number of benzene rings is 1. The molecule has 9 heteroatoms. The molecule has 4 nitrogen and oxygen atoms in total. The average Bonchev–Trinajstić information content (AvgIpc) is 2.67. The molecule has 0 saturated carbocycles. The van der Waals surface area contributed by atoms with Gasteiger partial charge in [0.2, 0.25) is 0 Å². The number of hydrogen-bond donors (Lipinski definition) is 2. The molecule has 2 N–H and O–H groups in total. The van der Waals surface area contributed by atoms with Crippen LogP contribution in [0, 0.1) is 0 Å². The second-order valence-electron chi connectivity index (χ2n) is 5.06. The topological polar surface area (TPSA) is 60.1 Å². The minimum Gasteiger partial charge on any atom is -0.271 e. The van der Waals surface area contributed by atoms with Crippen LogP contribution in [0.5, 0.6) is 0 Å². The molecule has 1 heterocycles. The molecule has 0 radical (unpaired) electrons. The van der Waals surface area contributed by atoms with Crippen LogP contribution in [-0.4, -0.2) is 41.0 Å². The first-order chi connectivity index (χ1) is 10.2. The van der Waals surface area contributed by atoms with Crippen LogP contribution in [0.1, 0.15) is 5.56 Å². The van der Waals surface area contributed by atoms with Crippen LogP contribution in [0.3, 0.4) is 0 Å². The van der Waals surface area contributed by atoms with Gasteiger partial charge in [-0.25, -0.2) is 8.42 Å². The molecule has 1 aliphatic heterocycles. The number of rotatable bonds is 3. The monoisotopic (exact) mass is 403 g/mol. The molecule has 22 heavy (non-hydrogen) atoms. The molecule has 0 aromatic heterocycles. The van der Waals surface area contributed by atoms with Gasteiger partial charge in [0.05, 0.1) is 16.9 Å². The number of amidine groups is 1. The smallest absolute Gasteiger partial charge is 0.271 e. The summed E-state index contributed by atoms with van der Waals surface area (Å²) in [5.74, 6) is 0.0466. The van der Waals surface area contributed by atoms with Gasteiger partial charge in [0, 0.05) is 0 Å². The number of sulfone groups is 1. The largest absolute Gasteiger partial charge is 0.296 e. The van der Waals surface area contributed by atoms with Crippen LogP contribution in [-0.2, 0) is 16.4 Å². The van der Waals surface area contributed by atoms with E-state index in [0.717, 1.165) is 5.56 Å². The Morgan fingerprint density at radius 3 is 2.36 bits per heavy atom. The minimum atomic E-state index is -3.17. The van der Waals surface area contributed by atoms with Crippen molar-refractivity contribution >= 4 is 62.1 Å². The fourth-order valence-corrected chi connectivity index (χ4v) is 5.06. The number of hydrogen-bond acceptors (Lipinski definition) is 2. The average molecular weight is 405 g/mol. The Bertz CT molecular complexity index is 644. The third-order valence-corrected chi connectivity index (χ3v) is 6.15. The molecule has 0 amide bonds. The van der Waals surface area contributed by atoms with E-state index in [2.05, 4.69) is 10.3 Å². The van der Waals surface area contributed by atoms with Crippen LogP contribution >= 0.6 is 46.4 Å². The van der Waals surface area contributed by atoms with E-state index < -0.39 is 25.0 Å². The summed E-state index contributed by atoms with van der Waals surface area (Å²) in [5, 5.41) is 2.37. The van der Waals surface area contributed by atoms with Gasteiger partial charge < -0.3 is 0 Å². The van der Waals surface area contributed by atoms with Gasteiger partial charge in [-0.1, -0.05) is 65.1 Å². The molecule has 1 saturated heterocycles. The van der Waals surface area contributed by atoms with Crippen LogP contribution in [0.15, 0.2) is 30.3 Å². The van der Waals surface area contributed by atoms with E-state index in [0.29, 0.717) is 6.54 Å². The standard InChI is InChI=1S/C13H14Cl4N2O2S/c14-10-7-22(20,21)8-11(10)19-12(13(15,16)17)18-6-9-4-2-1-3-5-9/h1-5,10-11H,6-8H2,(H,18,19)/p+1/t10-,11+/m1/s1. The Morgan fingerprint density at radius 2 is 1.86 bits per heavy atom. The van der Waals surface area contributed by atoms with Crippen molar-refractivity contribution in [3.8, 4) is 0 Å². The van der Waals surface area contributed by atoms with Crippen molar-refractivity contribution in [2.45, 2.75) is 21.8 Å². The SMILES string of the molecule is O=S1(=O)C[C@@H](Cl)[C@@H](NC(=[NH+]Cc2ccccc2)C(Cl)(Cl)Cl)C1. The van der Waals surface area contributed by atoms with Gasteiger partial charge in [-0.3, -0.25) is 10.3 Å². The van der Waals surface area contributed by atoms with Crippen molar-refractivity contribution in [3.63, 3.8) is 0 Å². The fraction of sp³-hybridized carbons (Fsp3) is 0.462. The van der Waals surface area contributed by atoms with E-state index in [1.165, 1.54) is 0 Å². The molecule has 1 aromatic carbocycles. The third kappa shape index (κ3) is 5.17. The van der Waals surface area contributed by atoms with Crippen molar-refractivity contribution < 1.29 is 13.4 Å². The number of halogens is 4. The molecule has 0 bridgehead atoms. The second kappa shape index (κ2) is 7.14. The summed E-state index contributed by atoms with van der Waals surface area (Å²) in [6, 6.07) is 9.06. The first-order valence-corrected chi connectivity index (χ1v) is 9.89. The van der Waals surface area contributed by atoms with E-state index in [1.54, 1.807) is 0 Å². The van der Waals surface area contributed by atoms with Crippen LogP contribution in [0.2, 0.25) is 0 Å². The van der Waals surface area contributed by atoms with Gasteiger partial charge in [0.25, 0.3) is 9.63 Å². The van der Waals surface area contributed by atoms with Gasteiger partial charge >= 0.3 is 0 Å². The lowest BCUT2D eigenvalue weighted by Crippen LogP contribution is -2.78. The van der Waals surface area contributed by atoms with Crippen molar-refractivity contribution in [2.75, 3.05) is 11.5 Å². The fourth-order valence-electron chi connectivity index (χ4n) is 2.14. The Balaban J connectivity index is 2.14. The highest BCUT2D eigenvalue weighted by atomic mass is 35.6. The minimum absolute atomic E-state index is 0.0849. The van der Waals surface area contributed by atoms with Crippen LogP contribution < -0.4 is 10.3 Å². The zero-order valence-electron chi connectivity index (χ0n) is 11.4. The van der Waals surface area contributed by atoms with Crippen molar-refractivity contribution in [1.82, 2.24) is 5.32 Å². The van der Waals surface area contributed by atoms with Crippen molar-refractivity contribution in [1.29, 1.82) is 0 Å². The summed E-state index contributed by atoms with van der Waals surface area (Å²) >= 11 is 23.9. The molecule has 0 spiro atoms. The molecule has 0 unspecified atom stereocenters. The number of alkyl halides is 4. The summed E-state index contributed by atoms with van der Waals surface area (Å²) in [4.78, 5) is 3.01. The Morgan fingerprint density at radius 1 is 1.23 bits per heavy atom. The Kier molecular flexibility index (Phi) is 5.89. The maximum absolute atomic E-state index is 11.6. The maximum Gasteiger partial charge on any atom is 0.296 e. The first-order valence-electron chi connectivity index (χ1n) is 6.50. The maximum atomic E-state index is 11.6. The van der Waals surface area contributed by atoms with E-state index in [-0.39, 0.29) is 17.3 Å². The van der Waals surface area contributed by atoms with Crippen LogP contribution in [0.25, 0.3) is 0 Å². The molecule has 1 aliphatic rings. The van der Waals surface area contributed by atoms with Gasteiger partial charge in [0.1, 0.15) is 12.6 Å². The molecule has 0 aliphatic carbocycles. The van der Waals surface area contributed by atoms with Crippen LogP contribution in [0.4, 0.5) is 0 Å². The van der Waals surface area contributed by atoms with Gasteiger partial charge in [0.15, 0.2) is 9.84 Å². The normalized spacial score (nSPS) is 25.2. The molecule has 122 valence electrons. The summed E-state index contributed by atoms with van der Waals surface area (Å²) in [7, 11) is -3.17. The second-order valence-corrected chi connectivity index (χ2v) is 10.1. The summed E-state index contributed by atoms with van der Waals surface area (Å²) < 4.78 is 21.5. The summed E-state index contributed by atoms with van der Waals surface area (Å²) in [6.45, 7) is 0.434. The summed E-state index contributed by atoms with van der Waals surface area (Å²) in [6.07, 6.45) is 0. The van der Waals surface area contributed by atoms with E-state index in [4.69, 9.17) is 46.4 Å². The van der Waals surface area contributed by atoms with E-state index >= 15 is 0 Å². The highest BCUT2D eigenvalue weighted by Crippen LogP contribution is 2.26. The molecular weight excluding hydrogens is 390 g/mol.